The molecule has 1 aliphatic heterocycles. The smallest absolute Gasteiger partial charge is 0.273 e. The molecule has 5 rings (SSSR count). The molecule has 1 saturated carbocycles. The van der Waals surface area contributed by atoms with Crippen molar-refractivity contribution in [3.8, 4) is 11.3 Å². The number of aromatic nitrogens is 4. The van der Waals surface area contributed by atoms with Crippen molar-refractivity contribution in [3.05, 3.63) is 54.7 Å². The fourth-order valence-electron chi connectivity index (χ4n) is 4.17. The van der Waals surface area contributed by atoms with Crippen molar-refractivity contribution in [1.29, 1.82) is 0 Å². The van der Waals surface area contributed by atoms with Gasteiger partial charge in [-0.05, 0) is 42.4 Å². The minimum absolute atomic E-state index is 0.205. The lowest BCUT2D eigenvalue weighted by Gasteiger charge is -2.19. The maximum Gasteiger partial charge on any atom is 0.273 e. The number of carbonyl (C=O) groups is 1. The van der Waals surface area contributed by atoms with Gasteiger partial charge in [-0.25, -0.2) is 9.97 Å². The fourth-order valence-corrected chi connectivity index (χ4v) is 4.17. The lowest BCUT2D eigenvalue weighted by atomic mass is 10.2. The molecule has 1 amide bonds. The highest BCUT2D eigenvalue weighted by Gasteiger charge is 2.55. The van der Waals surface area contributed by atoms with Crippen molar-refractivity contribution in [3.63, 3.8) is 0 Å². The summed E-state index contributed by atoms with van der Waals surface area (Å²) in [5, 5.41) is 6.82. The highest BCUT2D eigenvalue weighted by Crippen LogP contribution is 2.53. The van der Waals surface area contributed by atoms with Crippen LogP contribution in [0.3, 0.4) is 0 Å². The average molecular weight is 376 g/mol. The summed E-state index contributed by atoms with van der Waals surface area (Å²) in [6.07, 6.45) is 7.91. The van der Waals surface area contributed by atoms with Gasteiger partial charge in [0.2, 0.25) is 5.95 Å². The van der Waals surface area contributed by atoms with Crippen molar-refractivity contribution < 1.29 is 9.32 Å². The van der Waals surface area contributed by atoms with Gasteiger partial charge in [-0.1, -0.05) is 5.16 Å². The standard InChI is InChI=1S/C20H20N6O2/c27-19(17-9-18(28-25-17)13-3-1-5-21-10-13)22-8-4-14-15-11-26(12-16(14)15)20-23-6-2-7-24-20/h1-3,5-7,9-10,14-16H,4,8,11-12H2,(H,22,27)/t14?,15-,16+. The van der Waals surface area contributed by atoms with Crippen LogP contribution in [0, 0.1) is 17.8 Å². The highest BCUT2D eigenvalue weighted by molar-refractivity contribution is 5.93. The van der Waals surface area contributed by atoms with E-state index in [4.69, 9.17) is 4.52 Å². The second-order valence-electron chi connectivity index (χ2n) is 7.31. The number of nitrogens with zero attached hydrogens (tertiary/aromatic N) is 5. The Morgan fingerprint density at radius 3 is 2.75 bits per heavy atom. The van der Waals surface area contributed by atoms with Crippen LogP contribution in [0.4, 0.5) is 5.95 Å². The molecule has 0 spiro atoms. The average Bonchev–Trinajstić information content (AvgIpc) is 3.14. The van der Waals surface area contributed by atoms with Crippen LogP contribution >= 0.6 is 0 Å². The van der Waals surface area contributed by atoms with Crippen LogP contribution in [0.5, 0.6) is 0 Å². The van der Waals surface area contributed by atoms with Crippen LogP contribution < -0.4 is 10.2 Å². The summed E-state index contributed by atoms with van der Waals surface area (Å²) < 4.78 is 5.26. The summed E-state index contributed by atoms with van der Waals surface area (Å²) in [5.74, 6) is 3.19. The molecule has 142 valence electrons. The summed E-state index contributed by atoms with van der Waals surface area (Å²) in [6.45, 7) is 2.66. The van der Waals surface area contributed by atoms with Gasteiger partial charge >= 0.3 is 0 Å². The van der Waals surface area contributed by atoms with Crippen LogP contribution in [0.1, 0.15) is 16.9 Å². The summed E-state index contributed by atoms with van der Waals surface area (Å²) in [5.41, 5.74) is 1.09. The second kappa shape index (κ2) is 7.03. The number of rotatable bonds is 6. The SMILES string of the molecule is O=C(NCCC1[C@H]2CN(c3ncccn3)C[C@@H]12)c1cc(-c2cccnc2)on1. The van der Waals surface area contributed by atoms with Gasteiger partial charge in [0, 0.05) is 56.1 Å². The number of nitrogens with one attached hydrogen (secondary N) is 1. The van der Waals surface area contributed by atoms with E-state index in [1.54, 1.807) is 30.9 Å². The van der Waals surface area contributed by atoms with Gasteiger partial charge in [-0.3, -0.25) is 9.78 Å². The molecule has 0 aromatic carbocycles. The van der Waals surface area contributed by atoms with Crippen molar-refractivity contribution in [2.75, 3.05) is 24.5 Å². The van der Waals surface area contributed by atoms with Crippen molar-refractivity contribution in [2.45, 2.75) is 6.42 Å². The van der Waals surface area contributed by atoms with Crippen LogP contribution in [0.25, 0.3) is 11.3 Å². The second-order valence-corrected chi connectivity index (χ2v) is 7.31. The quantitative estimate of drug-likeness (QED) is 0.703. The first kappa shape index (κ1) is 16.9. The first-order chi connectivity index (χ1) is 13.8. The number of pyridine rings is 1. The largest absolute Gasteiger partial charge is 0.355 e. The molecule has 2 fully saturated rings. The van der Waals surface area contributed by atoms with Crippen molar-refractivity contribution >= 4 is 11.9 Å². The Labute approximate surface area is 162 Å². The van der Waals surface area contributed by atoms with Crippen LogP contribution in [-0.2, 0) is 0 Å². The molecule has 1 aliphatic carbocycles. The number of amides is 1. The zero-order valence-electron chi connectivity index (χ0n) is 15.2. The minimum atomic E-state index is -0.205. The number of anilines is 1. The number of piperidine rings is 1. The first-order valence-electron chi connectivity index (χ1n) is 9.47. The van der Waals surface area contributed by atoms with Gasteiger partial charge in [0.05, 0.1) is 0 Å². The summed E-state index contributed by atoms with van der Waals surface area (Å²) in [7, 11) is 0. The lowest BCUT2D eigenvalue weighted by molar-refractivity contribution is 0.0943. The van der Waals surface area contributed by atoms with Gasteiger partial charge in [-0.2, -0.15) is 0 Å². The maximum absolute atomic E-state index is 12.3. The zero-order chi connectivity index (χ0) is 18.9. The Bertz CT molecular complexity index is 949. The van der Waals surface area contributed by atoms with Crippen LogP contribution in [0.2, 0.25) is 0 Å². The van der Waals surface area contributed by atoms with Gasteiger partial charge in [0.15, 0.2) is 11.5 Å². The molecule has 2 aliphatic rings. The molecule has 1 N–H and O–H groups in total. The van der Waals surface area contributed by atoms with E-state index in [2.05, 4.69) is 30.3 Å². The molecule has 1 saturated heterocycles. The molecule has 1 unspecified atom stereocenters. The molecule has 3 atom stereocenters. The predicted molar refractivity (Wildman–Crippen MR) is 101 cm³/mol. The molecule has 28 heavy (non-hydrogen) atoms. The molecule has 0 radical (unpaired) electrons. The van der Waals surface area contributed by atoms with Gasteiger partial charge in [0.1, 0.15) is 0 Å². The van der Waals surface area contributed by atoms with Gasteiger partial charge < -0.3 is 14.7 Å². The van der Waals surface area contributed by atoms with Crippen LogP contribution in [0.15, 0.2) is 53.6 Å². The monoisotopic (exact) mass is 376 g/mol. The van der Waals surface area contributed by atoms with Gasteiger partial charge in [0.25, 0.3) is 5.91 Å². The van der Waals surface area contributed by atoms with E-state index in [0.29, 0.717) is 35.8 Å². The molecule has 8 nitrogen and oxygen atoms in total. The van der Waals surface area contributed by atoms with Crippen molar-refractivity contribution in [1.82, 2.24) is 25.4 Å². The Balaban J connectivity index is 1.09. The van der Waals surface area contributed by atoms with E-state index >= 15 is 0 Å². The van der Waals surface area contributed by atoms with Crippen LogP contribution in [-0.4, -0.2) is 45.7 Å². The van der Waals surface area contributed by atoms with Gasteiger partial charge in [-0.15, -0.1) is 0 Å². The predicted octanol–water partition coefficient (Wildman–Crippen LogP) is 2.03. The fraction of sp³-hybridized carbons (Fsp3) is 0.350. The molecule has 3 aromatic heterocycles. The Hall–Kier alpha value is -3.29. The van der Waals surface area contributed by atoms with E-state index in [1.807, 2.05) is 18.2 Å². The molecular formula is C20H20N6O2. The summed E-state index contributed by atoms with van der Waals surface area (Å²) in [6, 6.07) is 7.16. The van der Waals surface area contributed by atoms with E-state index in [-0.39, 0.29) is 5.91 Å². The molecule has 0 bridgehead atoms. The Morgan fingerprint density at radius 2 is 2.00 bits per heavy atom. The Kier molecular flexibility index (Phi) is 4.23. The normalized spacial score (nSPS) is 22.7. The molecule has 3 aromatic rings. The number of fused-ring (bicyclic) bond motifs is 1. The van der Waals surface area contributed by atoms with Crippen molar-refractivity contribution in [2.24, 2.45) is 17.8 Å². The summed E-state index contributed by atoms with van der Waals surface area (Å²) >= 11 is 0. The maximum atomic E-state index is 12.3. The van der Waals surface area contributed by atoms with E-state index in [0.717, 1.165) is 31.0 Å². The van der Waals surface area contributed by atoms with E-state index in [9.17, 15) is 4.79 Å². The molecular weight excluding hydrogens is 356 g/mol. The third-order valence-corrected chi connectivity index (χ3v) is 5.66. The zero-order valence-corrected chi connectivity index (χ0v) is 15.2. The number of hydrogen-bond donors (Lipinski definition) is 1. The Morgan fingerprint density at radius 1 is 1.18 bits per heavy atom. The minimum Gasteiger partial charge on any atom is -0.355 e. The molecule has 8 heteroatoms. The highest BCUT2D eigenvalue weighted by atomic mass is 16.5. The number of carbonyl (C=O) groups excluding carboxylic acids is 1. The summed E-state index contributed by atoms with van der Waals surface area (Å²) in [4.78, 5) is 27.2. The first-order valence-corrected chi connectivity index (χ1v) is 9.47. The van der Waals surface area contributed by atoms with E-state index in [1.165, 1.54) is 0 Å². The third-order valence-electron chi connectivity index (χ3n) is 5.66. The lowest BCUT2D eigenvalue weighted by Crippen LogP contribution is -2.28. The topological polar surface area (TPSA) is 97.0 Å². The third kappa shape index (κ3) is 3.21. The van der Waals surface area contributed by atoms with E-state index < -0.39 is 0 Å². The molecule has 4 heterocycles. The number of hydrogen-bond acceptors (Lipinski definition) is 7.